The molecule has 6 nitrogen and oxygen atoms in total. The van der Waals surface area contributed by atoms with E-state index in [0.29, 0.717) is 38.3 Å². The van der Waals surface area contributed by atoms with E-state index in [1.165, 1.54) is 0 Å². The van der Waals surface area contributed by atoms with E-state index in [2.05, 4.69) is 5.32 Å². The van der Waals surface area contributed by atoms with Gasteiger partial charge in [0.1, 0.15) is 12.4 Å². The molecule has 0 aromatic heterocycles. The molecular weight excluding hydrogens is 332 g/mol. The molecule has 1 aliphatic rings. The maximum atomic E-state index is 12.0. The number of nitrogens with one attached hydrogen (secondary N) is 1. The number of nitrogens with zero attached hydrogens (tertiary/aromatic N) is 1. The van der Waals surface area contributed by atoms with Crippen molar-refractivity contribution in [1.29, 1.82) is 0 Å². The second kappa shape index (κ2) is 9.01. The average Bonchev–Trinajstić information content (AvgIpc) is 2.67. The molecule has 0 atom stereocenters. The highest BCUT2D eigenvalue weighted by Gasteiger charge is 2.19. The zero-order valence-corrected chi connectivity index (χ0v) is 14.5. The average molecular weight is 354 g/mol. The summed E-state index contributed by atoms with van der Waals surface area (Å²) in [5, 5.41) is 2.86. The normalized spacial score (nSPS) is 14.2. The van der Waals surface area contributed by atoms with E-state index >= 15 is 0 Å². The van der Waals surface area contributed by atoms with Gasteiger partial charge in [-0.05, 0) is 42.8 Å². The van der Waals surface area contributed by atoms with Crippen molar-refractivity contribution in [3.8, 4) is 5.75 Å². The summed E-state index contributed by atoms with van der Waals surface area (Å²) in [5.41, 5.74) is 1.52. The van der Waals surface area contributed by atoms with Crippen LogP contribution in [0.1, 0.15) is 12.8 Å². The minimum atomic E-state index is -0.0585. The zero-order valence-electron chi connectivity index (χ0n) is 14.5. The van der Waals surface area contributed by atoms with Crippen LogP contribution in [-0.4, -0.2) is 38.2 Å². The molecule has 136 valence electrons. The number of amides is 2. The Balaban J connectivity index is 1.42. The fourth-order valence-electron chi connectivity index (χ4n) is 2.68. The van der Waals surface area contributed by atoms with Crippen molar-refractivity contribution in [2.24, 2.45) is 0 Å². The molecular formula is C20H22N2O4. The molecule has 2 aromatic carbocycles. The van der Waals surface area contributed by atoms with Crippen molar-refractivity contribution < 1.29 is 19.1 Å². The molecule has 1 heterocycles. The van der Waals surface area contributed by atoms with Gasteiger partial charge in [0.15, 0.2) is 0 Å². The molecule has 0 spiro atoms. The smallest absolute Gasteiger partial charge is 0.253 e. The molecule has 1 N–H and O–H groups in total. The van der Waals surface area contributed by atoms with Crippen LogP contribution in [0.2, 0.25) is 0 Å². The van der Waals surface area contributed by atoms with Crippen LogP contribution >= 0.6 is 0 Å². The van der Waals surface area contributed by atoms with E-state index in [-0.39, 0.29) is 18.4 Å². The Bertz CT molecular complexity index is 731. The molecule has 6 heteroatoms. The predicted octanol–water partition coefficient (Wildman–Crippen LogP) is 2.85. The predicted molar refractivity (Wildman–Crippen MR) is 99.4 cm³/mol. The summed E-state index contributed by atoms with van der Waals surface area (Å²) in [4.78, 5) is 25.5. The Morgan fingerprint density at radius 3 is 2.62 bits per heavy atom. The standard InChI is InChI=1S/C20H22N2O4/c23-19(7-4-13-26-18-5-2-1-3-6-18)21-16-8-10-17(11-9-16)22-12-14-25-15-20(22)24/h1-3,5-6,8-11H,4,7,12-15H2,(H,21,23). The minimum Gasteiger partial charge on any atom is -0.494 e. The van der Waals surface area contributed by atoms with E-state index in [9.17, 15) is 9.59 Å². The highest BCUT2D eigenvalue weighted by atomic mass is 16.5. The monoisotopic (exact) mass is 354 g/mol. The SMILES string of the molecule is O=C(CCCOc1ccccc1)Nc1ccc(N2CCOCC2=O)cc1. The van der Waals surface area contributed by atoms with Gasteiger partial charge in [0.25, 0.3) is 5.91 Å². The van der Waals surface area contributed by atoms with Gasteiger partial charge < -0.3 is 19.7 Å². The number of hydrogen-bond acceptors (Lipinski definition) is 4. The first-order valence-corrected chi connectivity index (χ1v) is 8.68. The van der Waals surface area contributed by atoms with E-state index in [1.807, 2.05) is 42.5 Å². The number of ether oxygens (including phenoxy) is 2. The number of hydrogen-bond donors (Lipinski definition) is 1. The first-order valence-electron chi connectivity index (χ1n) is 8.68. The van der Waals surface area contributed by atoms with Crippen LogP contribution < -0.4 is 15.0 Å². The summed E-state index contributed by atoms with van der Waals surface area (Å²) in [6.07, 6.45) is 1.03. The highest BCUT2D eigenvalue weighted by Crippen LogP contribution is 2.20. The number of anilines is 2. The number of morpholine rings is 1. The van der Waals surface area contributed by atoms with Gasteiger partial charge in [-0.3, -0.25) is 9.59 Å². The van der Waals surface area contributed by atoms with Crippen molar-refractivity contribution in [2.75, 3.05) is 36.6 Å². The van der Waals surface area contributed by atoms with Crippen LogP contribution in [0.3, 0.4) is 0 Å². The van der Waals surface area contributed by atoms with Gasteiger partial charge in [-0.2, -0.15) is 0 Å². The minimum absolute atomic E-state index is 0.0496. The Hall–Kier alpha value is -2.86. The fraction of sp³-hybridized carbons (Fsp3) is 0.300. The van der Waals surface area contributed by atoms with Crippen LogP contribution in [0.5, 0.6) is 5.75 Å². The summed E-state index contributed by atoms with van der Waals surface area (Å²) in [5.74, 6) is 0.699. The lowest BCUT2D eigenvalue weighted by Gasteiger charge is -2.26. The quantitative estimate of drug-likeness (QED) is 0.777. The van der Waals surface area contributed by atoms with E-state index < -0.39 is 0 Å². The summed E-state index contributed by atoms with van der Waals surface area (Å²) in [6, 6.07) is 16.8. The molecule has 0 unspecified atom stereocenters. The Morgan fingerprint density at radius 1 is 1.12 bits per heavy atom. The van der Waals surface area contributed by atoms with Gasteiger partial charge in [0.05, 0.1) is 13.2 Å². The van der Waals surface area contributed by atoms with Gasteiger partial charge >= 0.3 is 0 Å². The number of carbonyl (C=O) groups is 2. The van der Waals surface area contributed by atoms with Crippen molar-refractivity contribution in [1.82, 2.24) is 0 Å². The number of carbonyl (C=O) groups excluding carboxylic acids is 2. The summed E-state index contributed by atoms with van der Waals surface area (Å²) in [6.45, 7) is 1.69. The third-order valence-electron chi connectivity index (χ3n) is 4.01. The largest absolute Gasteiger partial charge is 0.494 e. The van der Waals surface area contributed by atoms with E-state index in [4.69, 9.17) is 9.47 Å². The van der Waals surface area contributed by atoms with E-state index in [1.54, 1.807) is 17.0 Å². The van der Waals surface area contributed by atoms with Gasteiger partial charge in [0.2, 0.25) is 5.91 Å². The van der Waals surface area contributed by atoms with Gasteiger partial charge in [-0.25, -0.2) is 0 Å². The second-order valence-electron chi connectivity index (χ2n) is 5.96. The molecule has 1 saturated heterocycles. The molecule has 1 fully saturated rings. The van der Waals surface area contributed by atoms with E-state index in [0.717, 1.165) is 11.4 Å². The summed E-state index contributed by atoms with van der Waals surface area (Å²) < 4.78 is 10.7. The van der Waals surface area contributed by atoms with Gasteiger partial charge in [0, 0.05) is 24.3 Å². The molecule has 26 heavy (non-hydrogen) atoms. The maximum Gasteiger partial charge on any atom is 0.253 e. The Kier molecular flexibility index (Phi) is 6.22. The Morgan fingerprint density at radius 2 is 1.88 bits per heavy atom. The zero-order chi connectivity index (χ0) is 18.2. The van der Waals surface area contributed by atoms with Crippen LogP contribution in [0.25, 0.3) is 0 Å². The number of para-hydroxylation sites is 1. The molecule has 0 aliphatic carbocycles. The van der Waals surface area contributed by atoms with Gasteiger partial charge in [-0.1, -0.05) is 18.2 Å². The Labute approximate surface area is 152 Å². The molecule has 2 aromatic rings. The lowest BCUT2D eigenvalue weighted by molar-refractivity contribution is -0.125. The molecule has 3 rings (SSSR count). The third-order valence-corrected chi connectivity index (χ3v) is 4.01. The molecule has 1 aliphatic heterocycles. The molecule has 2 amide bonds. The fourth-order valence-corrected chi connectivity index (χ4v) is 2.68. The second-order valence-corrected chi connectivity index (χ2v) is 5.96. The van der Waals surface area contributed by atoms with Crippen molar-refractivity contribution in [3.63, 3.8) is 0 Å². The molecule has 0 saturated carbocycles. The van der Waals surface area contributed by atoms with Crippen LogP contribution in [0.15, 0.2) is 54.6 Å². The third kappa shape index (κ3) is 5.07. The number of rotatable bonds is 7. The van der Waals surface area contributed by atoms with Crippen LogP contribution in [0, 0.1) is 0 Å². The van der Waals surface area contributed by atoms with Crippen LogP contribution in [0.4, 0.5) is 11.4 Å². The first kappa shape index (κ1) is 17.9. The van der Waals surface area contributed by atoms with Gasteiger partial charge in [-0.15, -0.1) is 0 Å². The van der Waals surface area contributed by atoms with Crippen molar-refractivity contribution in [3.05, 3.63) is 54.6 Å². The topological polar surface area (TPSA) is 67.9 Å². The summed E-state index contributed by atoms with van der Waals surface area (Å²) in [7, 11) is 0. The lowest BCUT2D eigenvalue weighted by atomic mass is 10.2. The van der Waals surface area contributed by atoms with Crippen molar-refractivity contribution in [2.45, 2.75) is 12.8 Å². The maximum absolute atomic E-state index is 12.0. The molecule has 0 bridgehead atoms. The van der Waals surface area contributed by atoms with Crippen LogP contribution in [-0.2, 0) is 14.3 Å². The molecule has 0 radical (unpaired) electrons. The summed E-state index contributed by atoms with van der Waals surface area (Å²) >= 11 is 0. The lowest BCUT2D eigenvalue weighted by Crippen LogP contribution is -2.41. The van der Waals surface area contributed by atoms with Crippen molar-refractivity contribution >= 4 is 23.2 Å². The number of benzene rings is 2. The first-order chi connectivity index (χ1) is 12.7. The highest BCUT2D eigenvalue weighted by molar-refractivity contribution is 5.95.